The van der Waals surface area contributed by atoms with Gasteiger partial charge in [-0.2, -0.15) is 10.5 Å². The van der Waals surface area contributed by atoms with E-state index < -0.39 is 10.8 Å². The first kappa shape index (κ1) is 14.1. The number of rotatable bonds is 1. The molecular formula is C20H16N2. The fourth-order valence-corrected chi connectivity index (χ4v) is 3.46. The SMILES string of the molecule is CC1=C2C=C(c3ccccc3)C(C#N)(C#N)C2(C)C=CC=C1. The van der Waals surface area contributed by atoms with Gasteiger partial charge < -0.3 is 0 Å². The summed E-state index contributed by atoms with van der Waals surface area (Å²) in [6.45, 7) is 4.01. The summed E-state index contributed by atoms with van der Waals surface area (Å²) in [6.07, 6.45) is 9.93. The summed E-state index contributed by atoms with van der Waals surface area (Å²) in [4.78, 5) is 0. The van der Waals surface area contributed by atoms with Crippen molar-refractivity contribution in [1.82, 2.24) is 0 Å². The van der Waals surface area contributed by atoms with Crippen LogP contribution in [-0.4, -0.2) is 0 Å². The molecule has 0 N–H and O–H groups in total. The molecular weight excluding hydrogens is 268 g/mol. The number of fused-ring (bicyclic) bond motifs is 1. The highest BCUT2D eigenvalue weighted by Crippen LogP contribution is 2.60. The van der Waals surface area contributed by atoms with E-state index in [1.165, 1.54) is 0 Å². The average Bonchev–Trinajstić information content (AvgIpc) is 2.72. The van der Waals surface area contributed by atoms with E-state index in [1.807, 2.05) is 74.6 Å². The van der Waals surface area contributed by atoms with E-state index in [-0.39, 0.29) is 0 Å². The quantitative estimate of drug-likeness (QED) is 0.758. The molecule has 0 aliphatic heterocycles. The third-order valence-electron chi connectivity index (χ3n) is 4.76. The Balaban J connectivity index is 2.36. The van der Waals surface area contributed by atoms with Gasteiger partial charge in [0.2, 0.25) is 0 Å². The molecule has 2 nitrogen and oxygen atoms in total. The predicted octanol–water partition coefficient (Wildman–Crippen LogP) is 4.57. The van der Waals surface area contributed by atoms with Gasteiger partial charge in [0, 0.05) is 5.41 Å². The minimum Gasteiger partial charge on any atom is -0.196 e. The van der Waals surface area contributed by atoms with Gasteiger partial charge >= 0.3 is 0 Å². The largest absolute Gasteiger partial charge is 0.196 e. The van der Waals surface area contributed by atoms with Gasteiger partial charge in [0.15, 0.2) is 5.41 Å². The lowest BCUT2D eigenvalue weighted by Crippen LogP contribution is -2.34. The van der Waals surface area contributed by atoms with Gasteiger partial charge in [-0.15, -0.1) is 0 Å². The van der Waals surface area contributed by atoms with E-state index in [9.17, 15) is 10.5 Å². The summed E-state index contributed by atoms with van der Waals surface area (Å²) >= 11 is 0. The van der Waals surface area contributed by atoms with Crippen molar-refractivity contribution < 1.29 is 0 Å². The molecule has 1 aromatic carbocycles. The minimum atomic E-state index is -1.21. The van der Waals surface area contributed by atoms with Gasteiger partial charge in [0.1, 0.15) is 0 Å². The number of hydrogen-bond acceptors (Lipinski definition) is 2. The van der Waals surface area contributed by atoms with Crippen LogP contribution in [0.25, 0.3) is 5.57 Å². The Morgan fingerprint density at radius 3 is 2.32 bits per heavy atom. The van der Waals surface area contributed by atoms with Gasteiger partial charge in [0.25, 0.3) is 0 Å². The molecule has 2 aliphatic rings. The van der Waals surface area contributed by atoms with Gasteiger partial charge in [-0.3, -0.25) is 0 Å². The molecule has 1 aromatic rings. The van der Waals surface area contributed by atoms with E-state index in [0.29, 0.717) is 0 Å². The fraction of sp³-hybridized carbons (Fsp3) is 0.200. The zero-order valence-corrected chi connectivity index (χ0v) is 12.7. The topological polar surface area (TPSA) is 47.6 Å². The van der Waals surface area contributed by atoms with Crippen molar-refractivity contribution in [2.24, 2.45) is 10.8 Å². The van der Waals surface area contributed by atoms with Crippen LogP contribution in [0, 0.1) is 33.5 Å². The van der Waals surface area contributed by atoms with Crippen LogP contribution >= 0.6 is 0 Å². The molecule has 1 atom stereocenters. The molecule has 106 valence electrons. The first-order valence-electron chi connectivity index (χ1n) is 7.26. The zero-order chi connectivity index (χ0) is 15.8. The smallest absolute Gasteiger partial charge is 0.181 e. The second-order valence-electron chi connectivity index (χ2n) is 5.91. The summed E-state index contributed by atoms with van der Waals surface area (Å²) in [7, 11) is 0. The van der Waals surface area contributed by atoms with Crippen LogP contribution in [0.1, 0.15) is 19.4 Å². The molecule has 0 saturated carbocycles. The number of hydrogen-bond donors (Lipinski definition) is 0. The van der Waals surface area contributed by atoms with E-state index in [0.717, 1.165) is 22.3 Å². The van der Waals surface area contributed by atoms with Crippen molar-refractivity contribution >= 4 is 5.57 Å². The van der Waals surface area contributed by atoms with Crippen LogP contribution in [-0.2, 0) is 0 Å². The van der Waals surface area contributed by atoms with Gasteiger partial charge in [-0.25, -0.2) is 0 Å². The molecule has 3 rings (SSSR count). The van der Waals surface area contributed by atoms with Crippen LogP contribution in [0.5, 0.6) is 0 Å². The number of benzene rings is 1. The molecule has 0 saturated heterocycles. The lowest BCUT2D eigenvalue weighted by molar-refractivity contribution is 0.392. The number of nitriles is 2. The molecule has 0 radical (unpaired) electrons. The van der Waals surface area contributed by atoms with Crippen LogP contribution in [0.15, 0.2) is 71.9 Å². The average molecular weight is 284 g/mol. The van der Waals surface area contributed by atoms with Crippen molar-refractivity contribution in [3.63, 3.8) is 0 Å². The molecule has 22 heavy (non-hydrogen) atoms. The molecule has 2 aliphatic carbocycles. The standard InChI is InChI=1S/C20H16N2/c1-15-8-6-7-11-19(2)17(15)12-18(20(19,13-21)14-22)16-9-4-3-5-10-16/h3-12H,1-2H3. The van der Waals surface area contributed by atoms with Crippen molar-refractivity contribution in [1.29, 1.82) is 10.5 Å². The van der Waals surface area contributed by atoms with Crippen LogP contribution in [0.2, 0.25) is 0 Å². The van der Waals surface area contributed by atoms with E-state index in [1.54, 1.807) is 0 Å². The van der Waals surface area contributed by atoms with Crippen molar-refractivity contribution in [3.05, 3.63) is 77.4 Å². The Bertz CT molecular complexity index is 809. The van der Waals surface area contributed by atoms with Crippen LogP contribution in [0.3, 0.4) is 0 Å². The van der Waals surface area contributed by atoms with Gasteiger partial charge in [-0.05, 0) is 36.1 Å². The zero-order valence-electron chi connectivity index (χ0n) is 12.7. The molecule has 1 unspecified atom stereocenters. The Hall–Kier alpha value is -2.84. The van der Waals surface area contributed by atoms with Crippen LogP contribution < -0.4 is 0 Å². The lowest BCUT2D eigenvalue weighted by atomic mass is 9.62. The molecule has 0 heterocycles. The van der Waals surface area contributed by atoms with Crippen molar-refractivity contribution in [3.8, 4) is 12.1 Å². The summed E-state index contributed by atoms with van der Waals surface area (Å²) in [5, 5.41) is 19.9. The number of nitrogens with zero attached hydrogens (tertiary/aromatic N) is 2. The molecule has 0 fully saturated rings. The van der Waals surface area contributed by atoms with E-state index in [2.05, 4.69) is 12.1 Å². The van der Waals surface area contributed by atoms with Crippen LogP contribution in [0.4, 0.5) is 0 Å². The molecule has 0 aromatic heterocycles. The Labute approximate surface area is 131 Å². The van der Waals surface area contributed by atoms with Gasteiger partial charge in [0.05, 0.1) is 12.1 Å². The van der Waals surface area contributed by atoms with E-state index >= 15 is 0 Å². The molecule has 0 amide bonds. The highest BCUT2D eigenvalue weighted by atomic mass is 14.6. The summed E-state index contributed by atoms with van der Waals surface area (Å²) in [6, 6.07) is 14.4. The predicted molar refractivity (Wildman–Crippen MR) is 87.2 cm³/mol. The summed E-state index contributed by atoms with van der Waals surface area (Å²) in [5.74, 6) is 0. The first-order valence-corrected chi connectivity index (χ1v) is 7.26. The normalized spacial score (nSPS) is 25.0. The lowest BCUT2D eigenvalue weighted by Gasteiger charge is -2.34. The third-order valence-corrected chi connectivity index (χ3v) is 4.76. The first-order chi connectivity index (χ1) is 10.6. The highest BCUT2D eigenvalue weighted by Gasteiger charge is 2.57. The molecule has 2 heteroatoms. The minimum absolute atomic E-state index is 0.644. The Morgan fingerprint density at radius 1 is 1.00 bits per heavy atom. The third kappa shape index (κ3) is 1.65. The van der Waals surface area contributed by atoms with Crippen molar-refractivity contribution in [2.75, 3.05) is 0 Å². The second-order valence-corrected chi connectivity index (χ2v) is 5.91. The van der Waals surface area contributed by atoms with Crippen molar-refractivity contribution in [2.45, 2.75) is 13.8 Å². The number of allylic oxidation sites excluding steroid dienone is 8. The Kier molecular flexibility index (Phi) is 3.12. The maximum atomic E-state index is 9.94. The molecule has 0 spiro atoms. The summed E-state index contributed by atoms with van der Waals surface area (Å²) in [5.41, 5.74) is 1.99. The fourth-order valence-electron chi connectivity index (χ4n) is 3.46. The summed E-state index contributed by atoms with van der Waals surface area (Å²) < 4.78 is 0. The molecule has 0 bridgehead atoms. The monoisotopic (exact) mass is 284 g/mol. The Morgan fingerprint density at radius 2 is 1.68 bits per heavy atom. The van der Waals surface area contributed by atoms with Gasteiger partial charge in [-0.1, -0.05) is 60.7 Å². The highest BCUT2D eigenvalue weighted by molar-refractivity contribution is 5.85. The second kappa shape index (κ2) is 4.86. The maximum absolute atomic E-state index is 9.94. The maximum Gasteiger partial charge on any atom is 0.181 e. The van der Waals surface area contributed by atoms with E-state index in [4.69, 9.17) is 0 Å².